The third kappa shape index (κ3) is 3.48. The molecular formula is C20H27ClNO2. The van der Waals surface area contributed by atoms with Crippen molar-refractivity contribution in [2.24, 2.45) is 5.92 Å². The van der Waals surface area contributed by atoms with Gasteiger partial charge in [0, 0.05) is 35.9 Å². The quantitative estimate of drug-likeness (QED) is 0.864. The lowest BCUT2D eigenvalue weighted by Gasteiger charge is -2.48. The smallest absolute Gasteiger partial charge is 0.226 e. The minimum absolute atomic E-state index is 0.0252. The first-order valence-electron chi connectivity index (χ1n) is 9.04. The van der Waals surface area contributed by atoms with Crippen LogP contribution in [0.3, 0.4) is 0 Å². The molecule has 1 radical (unpaired) electrons. The number of aliphatic hydroxyl groups is 1. The van der Waals surface area contributed by atoms with Crippen molar-refractivity contribution < 1.29 is 9.90 Å². The molecule has 1 saturated heterocycles. The summed E-state index contributed by atoms with van der Waals surface area (Å²) in [4.78, 5) is 15.0. The predicted octanol–water partition coefficient (Wildman–Crippen LogP) is 4.32. The van der Waals surface area contributed by atoms with Crippen LogP contribution in [0.5, 0.6) is 0 Å². The van der Waals surface area contributed by atoms with Gasteiger partial charge in [0.25, 0.3) is 0 Å². The Morgan fingerprint density at radius 3 is 2.33 bits per heavy atom. The van der Waals surface area contributed by atoms with Crippen molar-refractivity contribution >= 4 is 17.5 Å². The molecule has 24 heavy (non-hydrogen) atoms. The molecule has 1 aromatic carbocycles. The summed E-state index contributed by atoms with van der Waals surface area (Å²) in [7, 11) is 0. The Morgan fingerprint density at radius 1 is 1.17 bits per heavy atom. The van der Waals surface area contributed by atoms with Crippen molar-refractivity contribution in [2.75, 3.05) is 0 Å². The Bertz CT molecular complexity index is 568. The summed E-state index contributed by atoms with van der Waals surface area (Å²) in [5.74, 6) is 0.304. The molecule has 3 nitrogen and oxygen atoms in total. The fourth-order valence-electron chi connectivity index (χ4n) is 4.48. The largest absolute Gasteiger partial charge is 0.385 e. The van der Waals surface area contributed by atoms with E-state index in [1.807, 2.05) is 29.2 Å². The van der Waals surface area contributed by atoms with Crippen LogP contribution in [0, 0.1) is 12.3 Å². The van der Waals surface area contributed by atoms with Gasteiger partial charge in [0.15, 0.2) is 0 Å². The van der Waals surface area contributed by atoms with Crippen LogP contribution in [0.2, 0.25) is 5.02 Å². The van der Waals surface area contributed by atoms with Crippen molar-refractivity contribution in [3.8, 4) is 0 Å². The maximum Gasteiger partial charge on any atom is 0.226 e. The van der Waals surface area contributed by atoms with Gasteiger partial charge in [0.05, 0.1) is 5.60 Å². The number of rotatable bonds is 2. The number of benzene rings is 1. The van der Waals surface area contributed by atoms with Gasteiger partial charge in [-0.2, -0.15) is 0 Å². The summed E-state index contributed by atoms with van der Waals surface area (Å²) in [6.07, 6.45) is 7.67. The molecule has 1 aliphatic carbocycles. The fourth-order valence-corrected chi connectivity index (χ4v) is 4.61. The zero-order valence-corrected chi connectivity index (χ0v) is 15.3. The van der Waals surface area contributed by atoms with E-state index in [9.17, 15) is 9.90 Å². The number of likely N-dealkylation sites (tertiary alicyclic amines) is 1. The highest BCUT2D eigenvalue weighted by molar-refractivity contribution is 6.30. The Labute approximate surface area is 150 Å². The van der Waals surface area contributed by atoms with Gasteiger partial charge in [0.2, 0.25) is 5.91 Å². The Kier molecular flexibility index (Phi) is 5.22. The van der Waals surface area contributed by atoms with Crippen molar-refractivity contribution in [1.82, 2.24) is 4.90 Å². The molecule has 2 fully saturated rings. The number of amides is 1. The Balaban J connectivity index is 1.76. The number of halogens is 1. The molecule has 4 atom stereocenters. The lowest BCUT2D eigenvalue weighted by molar-refractivity contribution is -0.149. The second kappa shape index (κ2) is 7.05. The molecule has 131 valence electrons. The zero-order valence-electron chi connectivity index (χ0n) is 14.5. The summed E-state index contributed by atoms with van der Waals surface area (Å²) in [5, 5.41) is 11.9. The third-order valence-electron chi connectivity index (χ3n) is 5.59. The lowest BCUT2D eigenvalue weighted by atomic mass is 9.77. The highest BCUT2D eigenvalue weighted by atomic mass is 35.5. The second-order valence-electron chi connectivity index (χ2n) is 7.52. The summed E-state index contributed by atoms with van der Waals surface area (Å²) >= 11 is 5.97. The van der Waals surface area contributed by atoms with E-state index in [1.54, 1.807) is 0 Å². The van der Waals surface area contributed by atoms with Crippen LogP contribution in [-0.4, -0.2) is 28.0 Å². The second-order valence-corrected chi connectivity index (χ2v) is 7.95. The summed E-state index contributed by atoms with van der Waals surface area (Å²) < 4.78 is 0. The maximum atomic E-state index is 13.0. The van der Waals surface area contributed by atoms with Gasteiger partial charge in [-0.15, -0.1) is 0 Å². The first kappa shape index (κ1) is 17.8. The highest BCUT2D eigenvalue weighted by Gasteiger charge is 2.44. The van der Waals surface area contributed by atoms with Crippen LogP contribution in [0.25, 0.3) is 0 Å². The molecule has 4 heteroatoms. The van der Waals surface area contributed by atoms with E-state index < -0.39 is 5.60 Å². The minimum atomic E-state index is -0.892. The molecule has 1 saturated carbocycles. The van der Waals surface area contributed by atoms with Gasteiger partial charge in [-0.1, -0.05) is 36.6 Å². The van der Waals surface area contributed by atoms with Crippen molar-refractivity contribution in [3.05, 3.63) is 41.3 Å². The van der Waals surface area contributed by atoms with E-state index in [0.717, 1.165) is 24.8 Å². The number of nitrogens with zero attached hydrogens (tertiary/aromatic N) is 1. The molecule has 2 aliphatic rings. The molecule has 1 amide bonds. The van der Waals surface area contributed by atoms with Crippen molar-refractivity contribution in [1.29, 1.82) is 0 Å². The van der Waals surface area contributed by atoms with Crippen molar-refractivity contribution in [2.45, 2.75) is 70.1 Å². The molecule has 0 bridgehead atoms. The monoisotopic (exact) mass is 348 g/mol. The molecule has 1 heterocycles. The molecule has 1 aliphatic heterocycles. The topological polar surface area (TPSA) is 40.5 Å². The molecule has 0 aromatic heterocycles. The predicted molar refractivity (Wildman–Crippen MR) is 96.6 cm³/mol. The van der Waals surface area contributed by atoms with Gasteiger partial charge < -0.3 is 10.0 Å². The van der Waals surface area contributed by atoms with Crippen LogP contribution in [0.15, 0.2) is 24.3 Å². The average Bonchev–Trinajstić information content (AvgIpc) is 2.55. The first-order chi connectivity index (χ1) is 11.4. The van der Waals surface area contributed by atoms with Crippen LogP contribution < -0.4 is 0 Å². The molecule has 1 aromatic rings. The van der Waals surface area contributed by atoms with E-state index in [2.05, 4.69) is 20.3 Å². The summed E-state index contributed by atoms with van der Waals surface area (Å²) in [6.45, 7) is 4.11. The van der Waals surface area contributed by atoms with E-state index >= 15 is 0 Å². The van der Waals surface area contributed by atoms with E-state index in [0.29, 0.717) is 17.9 Å². The normalized spacial score (nSPS) is 31.9. The van der Waals surface area contributed by atoms with Gasteiger partial charge >= 0.3 is 0 Å². The molecule has 1 N–H and O–H groups in total. The number of piperidine rings is 1. The van der Waals surface area contributed by atoms with Gasteiger partial charge in [-0.3, -0.25) is 4.79 Å². The van der Waals surface area contributed by atoms with Crippen molar-refractivity contribution in [3.63, 3.8) is 0 Å². The highest BCUT2D eigenvalue weighted by Crippen LogP contribution is 2.40. The van der Waals surface area contributed by atoms with E-state index in [4.69, 9.17) is 11.6 Å². The number of carbonyl (C=O) groups excluding carboxylic acids is 1. The first-order valence-corrected chi connectivity index (χ1v) is 9.42. The van der Waals surface area contributed by atoms with Gasteiger partial charge in [-0.05, 0) is 50.8 Å². The Hall–Kier alpha value is -1.06. The summed E-state index contributed by atoms with van der Waals surface area (Å²) in [5.41, 5.74) is -0.00171. The van der Waals surface area contributed by atoms with Crippen LogP contribution >= 0.6 is 11.6 Å². The molecule has 3 rings (SSSR count). The number of carbonyl (C=O) groups is 1. The third-order valence-corrected chi connectivity index (χ3v) is 5.84. The number of hydrogen-bond acceptors (Lipinski definition) is 2. The SMILES string of the molecule is CC1CC(O)(c2ccc(Cl)cc2)C[C@H](C)N1C(=O)C1[CH]CCCC1. The maximum absolute atomic E-state index is 13.0. The van der Waals surface area contributed by atoms with E-state index in [-0.39, 0.29) is 23.9 Å². The fraction of sp³-hybridized carbons (Fsp3) is 0.600. The average molecular weight is 349 g/mol. The van der Waals surface area contributed by atoms with Gasteiger partial charge in [0.1, 0.15) is 0 Å². The van der Waals surface area contributed by atoms with Crippen LogP contribution in [0.4, 0.5) is 0 Å². The zero-order chi connectivity index (χ0) is 17.3. The van der Waals surface area contributed by atoms with E-state index in [1.165, 1.54) is 6.42 Å². The minimum Gasteiger partial charge on any atom is -0.385 e. The summed E-state index contributed by atoms with van der Waals surface area (Å²) in [6, 6.07) is 7.48. The molecule has 3 unspecified atom stereocenters. The van der Waals surface area contributed by atoms with Crippen LogP contribution in [0.1, 0.15) is 57.9 Å². The Morgan fingerprint density at radius 2 is 1.79 bits per heavy atom. The lowest BCUT2D eigenvalue weighted by Crippen LogP contribution is -2.56. The molecular weight excluding hydrogens is 322 g/mol. The number of hydrogen-bond donors (Lipinski definition) is 1. The molecule has 0 spiro atoms. The standard InChI is InChI=1S/C20H27ClNO2/c1-14-12-20(24,17-8-10-18(21)11-9-17)13-15(2)22(14)19(23)16-6-4-3-5-7-16/h6,8-11,14-16,24H,3-5,7,12-13H2,1-2H3/t14-,15?,16?,20?/m0/s1. The van der Waals surface area contributed by atoms with Gasteiger partial charge in [-0.25, -0.2) is 0 Å². The van der Waals surface area contributed by atoms with Crippen LogP contribution in [-0.2, 0) is 10.4 Å².